The number of rotatable bonds is 21. The number of carbonyl (C=O) groups is 4. The minimum absolute atomic E-state index is 0.0536. The van der Waals surface area contributed by atoms with E-state index in [0.29, 0.717) is 67.8 Å². The number of nitrogens with zero attached hydrogens (tertiary/aromatic N) is 2. The number of benzene rings is 4. The summed E-state index contributed by atoms with van der Waals surface area (Å²) in [6.07, 6.45) is 3.26. The predicted octanol–water partition coefficient (Wildman–Crippen LogP) is 5.14. The van der Waals surface area contributed by atoms with Gasteiger partial charge in [0.15, 0.2) is 12.4 Å². The van der Waals surface area contributed by atoms with Crippen molar-refractivity contribution in [2.24, 2.45) is 5.11 Å². The second-order valence-electron chi connectivity index (χ2n) is 13.9. The van der Waals surface area contributed by atoms with Crippen molar-refractivity contribution in [2.45, 2.75) is 33.9 Å². The van der Waals surface area contributed by atoms with E-state index in [0.717, 1.165) is 27.8 Å². The van der Waals surface area contributed by atoms with E-state index in [1.54, 1.807) is 67.2 Å². The summed E-state index contributed by atoms with van der Waals surface area (Å²) in [5.74, 6) is -2.74. The highest BCUT2D eigenvalue weighted by Gasteiger charge is 2.17. The van der Waals surface area contributed by atoms with Crippen LogP contribution in [-0.4, -0.2) is 68.3 Å². The van der Waals surface area contributed by atoms with Crippen molar-refractivity contribution >= 4 is 46.4 Å². The van der Waals surface area contributed by atoms with Crippen molar-refractivity contribution in [3.05, 3.63) is 131 Å². The van der Waals surface area contributed by atoms with E-state index >= 15 is 0 Å². The Bertz CT molecular complexity index is 2340. The number of hydrazine groups is 1. The summed E-state index contributed by atoms with van der Waals surface area (Å²) < 4.78 is 12.7. The molecule has 0 aliphatic heterocycles. The average Bonchev–Trinajstić information content (AvgIpc) is 3.24. The zero-order valence-corrected chi connectivity index (χ0v) is 34.2. The summed E-state index contributed by atoms with van der Waals surface area (Å²) in [6, 6.07) is 26.8. The predicted molar refractivity (Wildman–Crippen MR) is 228 cm³/mol. The van der Waals surface area contributed by atoms with Gasteiger partial charge in [0.2, 0.25) is 6.54 Å². The highest BCUT2D eigenvalue weighted by atomic mass is 16.6. The fourth-order valence-corrected chi connectivity index (χ4v) is 5.89. The van der Waals surface area contributed by atoms with Crippen LogP contribution < -0.4 is 36.8 Å². The van der Waals surface area contributed by atoms with E-state index in [2.05, 4.69) is 43.5 Å². The van der Waals surface area contributed by atoms with Crippen LogP contribution in [0.3, 0.4) is 0 Å². The summed E-state index contributed by atoms with van der Waals surface area (Å²) >= 11 is 0. The van der Waals surface area contributed by atoms with Gasteiger partial charge in [-0.25, -0.2) is 5.53 Å². The lowest BCUT2D eigenvalue weighted by Gasteiger charge is -2.13. The molecule has 0 atom stereocenters. The molecule has 0 radical (unpaired) electrons. The van der Waals surface area contributed by atoms with Crippen molar-refractivity contribution in [2.75, 3.05) is 55.6 Å². The quantitative estimate of drug-likeness (QED) is 0.0121. The van der Waals surface area contributed by atoms with Crippen LogP contribution in [0, 0.1) is 26.3 Å². The molecule has 5 aromatic rings. The Balaban J connectivity index is 0.914. The van der Waals surface area contributed by atoms with E-state index in [4.69, 9.17) is 19.8 Å². The lowest BCUT2D eigenvalue weighted by Crippen LogP contribution is -2.41. The van der Waals surface area contributed by atoms with E-state index in [9.17, 15) is 24.3 Å². The van der Waals surface area contributed by atoms with E-state index < -0.39 is 11.8 Å². The molecule has 61 heavy (non-hydrogen) atoms. The van der Waals surface area contributed by atoms with Gasteiger partial charge in [-0.15, -0.1) is 0 Å². The maximum Gasteiger partial charge on any atom is 0.327 e. The van der Waals surface area contributed by atoms with Crippen LogP contribution in [-0.2, 0) is 41.8 Å². The van der Waals surface area contributed by atoms with Crippen LogP contribution in [0.25, 0.3) is 11.1 Å². The molecule has 5 rings (SSSR count). The monoisotopic (exact) mass is 832 g/mol. The molecule has 0 unspecified atom stereocenters. The highest BCUT2D eigenvalue weighted by molar-refractivity contribution is 6.40. The number of hydroxylamine groups is 1. The largest absolute Gasteiger partial charge is 0.506 e. The van der Waals surface area contributed by atoms with E-state index in [-0.39, 0.29) is 36.3 Å². The topological polar surface area (TPSA) is 228 Å². The molecule has 1 aromatic heterocycles. The number of phenols is 1. The number of aromatic nitrogens is 1. The average molecular weight is 833 g/mol. The minimum atomic E-state index is -0.973. The first kappa shape index (κ1) is 45.0. The van der Waals surface area contributed by atoms with Crippen LogP contribution in [0.2, 0.25) is 0 Å². The summed E-state index contributed by atoms with van der Waals surface area (Å²) in [5, 5.41) is 21.5. The molecule has 1 heterocycles. The molecule has 0 aliphatic carbocycles. The minimum Gasteiger partial charge on any atom is -0.506 e. The summed E-state index contributed by atoms with van der Waals surface area (Å²) in [5.41, 5.74) is 22.8. The standard InChI is InChI=1S/C44H49N9O8/c1-29-9-12-39(40(54)22-29)49-43(57)44(58)52-51-38-14-11-36(24-31(38)3)48-41(55)27-53-17-5-8-35(26-53)42(56)46-15-18-59-20-21-60-19-16-47-61-28-32-6-4-7-33(25-32)34-10-13-37(50-45)30(2)23-34/h4-14,17,22-26,47H,15-16,18-21,27-28H2,1-3H3,(H6-,45,46,48,49,50,51,52,54,55,56,57,58)/p+1. The Labute approximate surface area is 353 Å². The Morgan fingerprint density at radius 1 is 0.754 bits per heavy atom. The molecule has 318 valence electrons. The molecule has 0 saturated carbocycles. The number of phenolic OH excluding ortho intramolecular Hbond substituents is 1. The van der Waals surface area contributed by atoms with Gasteiger partial charge in [0, 0.05) is 24.8 Å². The van der Waals surface area contributed by atoms with Gasteiger partial charge in [0.05, 0.1) is 50.1 Å². The number of ether oxygens (including phenoxy) is 2. The first-order valence-electron chi connectivity index (χ1n) is 19.4. The van der Waals surface area contributed by atoms with Crippen molar-refractivity contribution in [3.63, 3.8) is 0 Å². The Morgan fingerprint density at radius 2 is 1.52 bits per heavy atom. The van der Waals surface area contributed by atoms with Gasteiger partial charge < -0.3 is 30.5 Å². The van der Waals surface area contributed by atoms with Gasteiger partial charge in [-0.05, 0) is 109 Å². The first-order chi connectivity index (χ1) is 29.5. The van der Waals surface area contributed by atoms with Gasteiger partial charge in [-0.1, -0.05) is 30.3 Å². The van der Waals surface area contributed by atoms with Crippen LogP contribution >= 0.6 is 0 Å². The molecule has 0 fully saturated rings. The Morgan fingerprint density at radius 3 is 2.28 bits per heavy atom. The Hall–Kier alpha value is -7.05. The maximum absolute atomic E-state index is 12.8. The number of aromatic hydroxyl groups is 1. The van der Waals surface area contributed by atoms with Gasteiger partial charge in [0.25, 0.3) is 11.8 Å². The van der Waals surface area contributed by atoms with Gasteiger partial charge in [-0.3, -0.25) is 34.9 Å². The van der Waals surface area contributed by atoms with Gasteiger partial charge >= 0.3 is 11.8 Å². The van der Waals surface area contributed by atoms with Gasteiger partial charge in [0.1, 0.15) is 11.3 Å². The SMILES string of the molecule is Cc1ccc(NC(=O)C(=O)NNc2ccc(NC(=O)C[n+]3cccc(C(=O)NCCOCCOCCNOCc4cccc(-c5ccc(N=N)c(C)c5)c4)c3)cc2C)c(O)c1. The third kappa shape index (κ3) is 14.3. The number of amides is 4. The lowest BCUT2D eigenvalue weighted by atomic mass is 10.0. The summed E-state index contributed by atoms with van der Waals surface area (Å²) in [7, 11) is 0. The van der Waals surface area contributed by atoms with Crippen molar-refractivity contribution < 1.29 is 43.2 Å². The van der Waals surface area contributed by atoms with Crippen molar-refractivity contribution in [3.8, 4) is 16.9 Å². The number of anilines is 3. The molecule has 4 amide bonds. The third-order valence-electron chi connectivity index (χ3n) is 9.05. The van der Waals surface area contributed by atoms with E-state index in [1.807, 2.05) is 43.3 Å². The normalized spacial score (nSPS) is 10.7. The van der Waals surface area contributed by atoms with Crippen LogP contribution in [0.15, 0.2) is 109 Å². The van der Waals surface area contributed by atoms with Crippen molar-refractivity contribution in [1.82, 2.24) is 16.2 Å². The molecule has 4 aromatic carbocycles. The third-order valence-corrected chi connectivity index (χ3v) is 9.05. The smallest absolute Gasteiger partial charge is 0.327 e. The number of hydrogen-bond acceptors (Lipinski definition) is 12. The molecule has 0 aliphatic rings. The number of hydrogen-bond donors (Lipinski definition) is 8. The van der Waals surface area contributed by atoms with Crippen LogP contribution in [0.5, 0.6) is 5.75 Å². The molecule has 0 saturated heterocycles. The number of aryl methyl sites for hydroxylation is 3. The van der Waals surface area contributed by atoms with E-state index in [1.165, 1.54) is 12.1 Å². The number of pyridine rings is 1. The molecule has 0 spiro atoms. The zero-order valence-electron chi connectivity index (χ0n) is 34.2. The first-order valence-corrected chi connectivity index (χ1v) is 19.4. The summed E-state index contributed by atoms with van der Waals surface area (Å²) in [4.78, 5) is 55.8. The highest BCUT2D eigenvalue weighted by Crippen LogP contribution is 2.27. The number of nitrogens with one attached hydrogen (secondary N) is 7. The zero-order chi connectivity index (χ0) is 43.6. The fraction of sp³-hybridized carbons (Fsp3) is 0.250. The second kappa shape index (κ2) is 22.9. The Kier molecular flexibility index (Phi) is 16.9. The second-order valence-corrected chi connectivity index (χ2v) is 13.9. The molecule has 8 N–H and O–H groups in total. The maximum atomic E-state index is 12.8. The molecule has 17 heteroatoms. The molecule has 0 bridgehead atoms. The molecular formula is C44H50N9O8+. The van der Waals surface area contributed by atoms with Crippen LogP contribution in [0.1, 0.15) is 32.6 Å². The summed E-state index contributed by atoms with van der Waals surface area (Å²) in [6.45, 7) is 8.04. The molecule has 17 nitrogen and oxygen atoms in total. The lowest BCUT2D eigenvalue weighted by molar-refractivity contribution is -0.684. The van der Waals surface area contributed by atoms with Gasteiger partial charge in [-0.2, -0.15) is 15.2 Å². The fourth-order valence-electron chi connectivity index (χ4n) is 5.89. The molecular weight excluding hydrogens is 783 g/mol. The van der Waals surface area contributed by atoms with Crippen molar-refractivity contribution in [1.29, 1.82) is 5.53 Å². The number of carbonyl (C=O) groups excluding carboxylic acids is 4. The van der Waals surface area contributed by atoms with Crippen LogP contribution in [0.4, 0.5) is 22.7 Å².